The van der Waals surface area contributed by atoms with Gasteiger partial charge < -0.3 is 4.79 Å². The van der Waals surface area contributed by atoms with Crippen molar-refractivity contribution in [2.24, 2.45) is 27.5 Å². The number of carbonyl (C=O) groups is 1. The molecule has 0 spiro atoms. The lowest BCUT2D eigenvalue weighted by atomic mass is 9.43. The zero-order valence-electron chi connectivity index (χ0n) is 11.3. The van der Waals surface area contributed by atoms with E-state index in [1.165, 1.54) is 0 Å². The van der Waals surface area contributed by atoms with Crippen LogP contribution in [0.5, 0.6) is 0 Å². The molecule has 19 heavy (non-hydrogen) atoms. The molecule has 3 unspecified atom stereocenters. The third kappa shape index (κ3) is 1.79. The maximum absolute atomic E-state index is 11.6. The van der Waals surface area contributed by atoms with Crippen LogP contribution in [0.2, 0.25) is 0 Å². The second-order valence-corrected chi connectivity index (χ2v) is 6.20. The first-order valence-electron chi connectivity index (χ1n) is 6.75. The highest BCUT2D eigenvalue weighted by atomic mass is 16.1. The Bertz CT molecular complexity index is 511. The minimum atomic E-state index is -0.669. The number of aldehydes is 1. The molecule has 4 rings (SSSR count). The Balaban J connectivity index is 1.88. The van der Waals surface area contributed by atoms with Crippen LogP contribution in [-0.4, -0.2) is 21.8 Å². The summed E-state index contributed by atoms with van der Waals surface area (Å²) in [5.74, 6) is 1.35. The van der Waals surface area contributed by atoms with Crippen LogP contribution in [0.3, 0.4) is 0 Å². The molecule has 0 saturated heterocycles. The Morgan fingerprint density at radius 1 is 1.37 bits per heavy atom. The first kappa shape index (κ1) is 12.4. The summed E-state index contributed by atoms with van der Waals surface area (Å²) in [7, 11) is 0. The van der Waals surface area contributed by atoms with Gasteiger partial charge in [0.15, 0.2) is 0 Å². The first-order valence-corrected chi connectivity index (χ1v) is 6.75. The van der Waals surface area contributed by atoms with E-state index >= 15 is 0 Å². The van der Waals surface area contributed by atoms with E-state index in [0.717, 1.165) is 31.5 Å². The minimum absolute atomic E-state index is 0.190. The van der Waals surface area contributed by atoms with Gasteiger partial charge in [-0.1, -0.05) is 13.8 Å². The molecule has 1 heterocycles. The molecule has 3 aliphatic carbocycles. The minimum Gasteiger partial charge on any atom is -0.301 e. The van der Waals surface area contributed by atoms with Crippen molar-refractivity contribution in [1.82, 2.24) is 9.97 Å². The number of nitrogens with zero attached hydrogens (tertiary/aromatic N) is 4. The van der Waals surface area contributed by atoms with Gasteiger partial charge in [0.1, 0.15) is 11.8 Å². The van der Waals surface area contributed by atoms with Crippen LogP contribution in [0.1, 0.15) is 33.1 Å². The molecule has 1 aromatic rings. The molecule has 100 valence electrons. The molecule has 1 aromatic heterocycles. The number of aromatic nitrogens is 2. The van der Waals surface area contributed by atoms with E-state index in [1.807, 2.05) is 0 Å². The number of azo groups is 1. The van der Waals surface area contributed by atoms with Crippen molar-refractivity contribution < 1.29 is 4.79 Å². The zero-order chi connectivity index (χ0) is 13.5. The summed E-state index contributed by atoms with van der Waals surface area (Å²) in [4.78, 5) is 19.7. The lowest BCUT2D eigenvalue weighted by Crippen LogP contribution is -2.61. The molecular formula is C14H18N4O. The SMILES string of the molecule is CC1(C)C2CCC(C=O)(N=Nc3ncccn3)C1C2. The van der Waals surface area contributed by atoms with E-state index in [9.17, 15) is 4.79 Å². The van der Waals surface area contributed by atoms with Gasteiger partial charge in [-0.15, -0.1) is 5.11 Å². The highest BCUT2D eigenvalue weighted by molar-refractivity contribution is 5.66. The Morgan fingerprint density at radius 3 is 2.68 bits per heavy atom. The molecule has 0 aliphatic heterocycles. The van der Waals surface area contributed by atoms with Crippen molar-refractivity contribution in [1.29, 1.82) is 0 Å². The van der Waals surface area contributed by atoms with E-state index < -0.39 is 5.54 Å². The van der Waals surface area contributed by atoms with E-state index in [4.69, 9.17) is 0 Å². The van der Waals surface area contributed by atoms with Crippen molar-refractivity contribution >= 4 is 12.2 Å². The second-order valence-electron chi connectivity index (χ2n) is 6.20. The van der Waals surface area contributed by atoms with Gasteiger partial charge in [0.05, 0.1) is 0 Å². The molecule has 3 atom stereocenters. The van der Waals surface area contributed by atoms with Crippen LogP contribution in [-0.2, 0) is 4.79 Å². The van der Waals surface area contributed by atoms with Crippen molar-refractivity contribution in [3.8, 4) is 0 Å². The van der Waals surface area contributed by atoms with Gasteiger partial charge >= 0.3 is 0 Å². The average molecular weight is 258 g/mol. The van der Waals surface area contributed by atoms with Crippen molar-refractivity contribution in [3.63, 3.8) is 0 Å². The number of carbonyl (C=O) groups excluding carboxylic acids is 1. The fourth-order valence-corrected chi connectivity index (χ4v) is 3.70. The number of hydrogen-bond acceptors (Lipinski definition) is 5. The van der Waals surface area contributed by atoms with Gasteiger partial charge in [0, 0.05) is 12.4 Å². The lowest BCUT2D eigenvalue weighted by Gasteiger charge is -2.61. The first-order chi connectivity index (χ1) is 9.08. The number of hydrogen-bond donors (Lipinski definition) is 0. The summed E-state index contributed by atoms with van der Waals surface area (Å²) >= 11 is 0. The Morgan fingerprint density at radius 2 is 2.11 bits per heavy atom. The van der Waals surface area contributed by atoms with Crippen LogP contribution >= 0.6 is 0 Å². The standard InChI is InChI=1S/C14H18N4O/c1-13(2)10-4-5-14(9-19,11(13)8-10)18-17-12-15-6-3-7-16-12/h3,6-7,9-11H,4-5,8H2,1-2H3. The van der Waals surface area contributed by atoms with Gasteiger partial charge in [-0.3, -0.25) is 0 Å². The van der Waals surface area contributed by atoms with Gasteiger partial charge in [-0.2, -0.15) is 5.11 Å². The maximum atomic E-state index is 11.6. The molecule has 5 nitrogen and oxygen atoms in total. The smallest absolute Gasteiger partial charge is 0.268 e. The highest BCUT2D eigenvalue weighted by Crippen LogP contribution is 2.63. The Kier molecular flexibility index (Phi) is 2.73. The molecule has 3 aliphatic rings. The van der Waals surface area contributed by atoms with E-state index in [-0.39, 0.29) is 5.41 Å². The highest BCUT2D eigenvalue weighted by Gasteiger charge is 2.61. The normalized spacial score (nSPS) is 35.9. The number of fused-ring (bicyclic) bond motifs is 2. The van der Waals surface area contributed by atoms with Crippen molar-refractivity contribution in [2.45, 2.75) is 38.6 Å². The van der Waals surface area contributed by atoms with Gasteiger partial charge in [-0.25, -0.2) is 9.97 Å². The van der Waals surface area contributed by atoms with E-state index in [1.54, 1.807) is 18.5 Å². The second kappa shape index (κ2) is 4.18. The van der Waals surface area contributed by atoms with Crippen LogP contribution in [0, 0.1) is 17.3 Å². The molecule has 0 aromatic carbocycles. The van der Waals surface area contributed by atoms with E-state index in [0.29, 0.717) is 11.9 Å². The summed E-state index contributed by atoms with van der Waals surface area (Å²) in [6.07, 6.45) is 7.17. The molecule has 3 saturated carbocycles. The predicted molar refractivity (Wildman–Crippen MR) is 70.0 cm³/mol. The molecule has 0 N–H and O–H groups in total. The summed E-state index contributed by atoms with van der Waals surface area (Å²) in [6.45, 7) is 4.47. The Labute approximate surface area is 112 Å². The molecule has 0 radical (unpaired) electrons. The zero-order valence-corrected chi connectivity index (χ0v) is 11.3. The van der Waals surface area contributed by atoms with Gasteiger partial charge in [0.2, 0.25) is 0 Å². The summed E-state index contributed by atoms with van der Waals surface area (Å²) in [6, 6.07) is 1.73. The van der Waals surface area contributed by atoms with E-state index in [2.05, 4.69) is 34.0 Å². The monoisotopic (exact) mass is 258 g/mol. The Hall–Kier alpha value is -1.65. The average Bonchev–Trinajstić information content (AvgIpc) is 2.46. The van der Waals surface area contributed by atoms with Crippen molar-refractivity contribution in [3.05, 3.63) is 18.5 Å². The lowest BCUT2D eigenvalue weighted by molar-refractivity contribution is -0.141. The third-order valence-electron chi connectivity index (χ3n) is 5.05. The molecule has 2 bridgehead atoms. The van der Waals surface area contributed by atoms with Crippen LogP contribution < -0.4 is 0 Å². The maximum Gasteiger partial charge on any atom is 0.268 e. The largest absolute Gasteiger partial charge is 0.301 e. The third-order valence-corrected chi connectivity index (χ3v) is 5.05. The van der Waals surface area contributed by atoms with Crippen LogP contribution in [0.15, 0.2) is 28.7 Å². The quantitative estimate of drug-likeness (QED) is 0.618. The fraction of sp³-hybridized carbons (Fsp3) is 0.643. The summed E-state index contributed by atoms with van der Waals surface area (Å²) in [5, 5.41) is 8.43. The molecular weight excluding hydrogens is 240 g/mol. The van der Waals surface area contributed by atoms with Gasteiger partial charge in [0.25, 0.3) is 5.95 Å². The van der Waals surface area contributed by atoms with Crippen molar-refractivity contribution in [2.75, 3.05) is 0 Å². The summed E-state index contributed by atoms with van der Waals surface area (Å²) in [5.41, 5.74) is -0.479. The van der Waals surface area contributed by atoms with Crippen LogP contribution in [0.25, 0.3) is 0 Å². The molecule has 3 fully saturated rings. The van der Waals surface area contributed by atoms with Crippen LogP contribution in [0.4, 0.5) is 5.95 Å². The van der Waals surface area contributed by atoms with Gasteiger partial charge in [-0.05, 0) is 42.6 Å². The molecule has 5 heteroatoms. The number of rotatable bonds is 3. The summed E-state index contributed by atoms with van der Waals surface area (Å²) < 4.78 is 0. The predicted octanol–water partition coefficient (Wildman–Crippen LogP) is 2.95. The fourth-order valence-electron chi connectivity index (χ4n) is 3.70. The topological polar surface area (TPSA) is 67.6 Å². The molecule has 0 amide bonds.